The second-order valence-corrected chi connectivity index (χ2v) is 3.33. The van der Waals surface area contributed by atoms with Crippen molar-refractivity contribution in [2.75, 3.05) is 0 Å². The Bertz CT molecular complexity index is 117. The normalized spacial score (nSPS) is 12.5. The highest BCUT2D eigenvalue weighted by molar-refractivity contribution is 6.22. The van der Waals surface area contributed by atoms with Crippen molar-refractivity contribution >= 4 is 11.6 Å². The molecule has 64 valence electrons. The lowest BCUT2D eigenvalue weighted by atomic mass is 10.1. The van der Waals surface area contributed by atoms with E-state index in [1.807, 2.05) is 6.07 Å². The second-order valence-electron chi connectivity index (χ2n) is 2.80. The summed E-state index contributed by atoms with van der Waals surface area (Å²) in [5, 5.41) is 8.09. The van der Waals surface area contributed by atoms with Gasteiger partial charge < -0.3 is 0 Å². The molecule has 0 N–H and O–H groups in total. The summed E-state index contributed by atoms with van der Waals surface area (Å²) < 4.78 is 0. The van der Waals surface area contributed by atoms with E-state index in [2.05, 4.69) is 6.92 Å². The summed E-state index contributed by atoms with van der Waals surface area (Å²) >= 11 is 5.62. The molecule has 0 bridgehead atoms. The lowest BCUT2D eigenvalue weighted by Crippen LogP contribution is -1.92. The van der Waals surface area contributed by atoms with Crippen LogP contribution in [0.25, 0.3) is 0 Å². The third-order valence-corrected chi connectivity index (χ3v) is 2.02. The molecule has 1 unspecified atom stereocenters. The van der Waals surface area contributed by atoms with Crippen molar-refractivity contribution in [3.8, 4) is 6.07 Å². The number of nitrogens with zero attached hydrogens (tertiary/aromatic N) is 1. The highest BCUT2D eigenvalue weighted by Crippen LogP contribution is 2.09. The first-order valence-electron chi connectivity index (χ1n) is 4.35. The summed E-state index contributed by atoms with van der Waals surface area (Å²) in [6.45, 7) is 2.19. The van der Waals surface area contributed by atoms with Crippen molar-refractivity contribution in [2.45, 2.75) is 50.8 Å². The van der Waals surface area contributed by atoms with Crippen LogP contribution in [0.4, 0.5) is 0 Å². The zero-order valence-corrected chi connectivity index (χ0v) is 7.90. The topological polar surface area (TPSA) is 23.8 Å². The molecule has 0 rings (SSSR count). The molecule has 0 spiro atoms. The number of alkyl halides is 1. The van der Waals surface area contributed by atoms with Crippen molar-refractivity contribution in [3.05, 3.63) is 0 Å². The maximum absolute atomic E-state index is 8.36. The molecule has 0 amide bonds. The van der Waals surface area contributed by atoms with Gasteiger partial charge in [0.1, 0.15) is 5.38 Å². The molecule has 0 aliphatic rings. The van der Waals surface area contributed by atoms with E-state index in [1.54, 1.807) is 0 Å². The largest absolute Gasteiger partial charge is 0.197 e. The van der Waals surface area contributed by atoms with Crippen LogP contribution in [0.3, 0.4) is 0 Å². The van der Waals surface area contributed by atoms with Crippen LogP contribution in [0.1, 0.15) is 45.4 Å². The molecular weight excluding hydrogens is 158 g/mol. The van der Waals surface area contributed by atoms with Crippen LogP contribution in [0.15, 0.2) is 0 Å². The number of hydrogen-bond acceptors (Lipinski definition) is 1. The summed E-state index contributed by atoms with van der Waals surface area (Å²) in [7, 11) is 0. The highest BCUT2D eigenvalue weighted by Gasteiger charge is 1.99. The second kappa shape index (κ2) is 7.88. The van der Waals surface area contributed by atoms with Gasteiger partial charge in [-0.1, -0.05) is 39.0 Å². The first-order valence-corrected chi connectivity index (χ1v) is 4.78. The average molecular weight is 174 g/mol. The van der Waals surface area contributed by atoms with Crippen molar-refractivity contribution in [3.63, 3.8) is 0 Å². The molecule has 0 aromatic heterocycles. The van der Waals surface area contributed by atoms with E-state index in [-0.39, 0.29) is 5.38 Å². The van der Waals surface area contributed by atoms with Gasteiger partial charge in [-0.2, -0.15) is 5.26 Å². The molecule has 2 heteroatoms. The van der Waals surface area contributed by atoms with Crippen LogP contribution in [0.2, 0.25) is 0 Å². The van der Waals surface area contributed by atoms with E-state index in [9.17, 15) is 0 Å². The van der Waals surface area contributed by atoms with Crippen LogP contribution in [-0.4, -0.2) is 5.38 Å². The third-order valence-electron chi connectivity index (χ3n) is 1.70. The number of nitriles is 1. The monoisotopic (exact) mass is 173 g/mol. The Morgan fingerprint density at radius 3 is 2.45 bits per heavy atom. The smallest absolute Gasteiger partial charge is 0.120 e. The van der Waals surface area contributed by atoms with Gasteiger partial charge in [0, 0.05) is 0 Å². The number of halogens is 1. The van der Waals surface area contributed by atoms with Gasteiger partial charge in [0.25, 0.3) is 0 Å². The maximum atomic E-state index is 8.36. The van der Waals surface area contributed by atoms with Gasteiger partial charge in [0.15, 0.2) is 0 Å². The maximum Gasteiger partial charge on any atom is 0.120 e. The van der Waals surface area contributed by atoms with Crippen LogP contribution >= 0.6 is 11.6 Å². The standard InChI is InChI=1S/C9H16ClN/c1-2-3-4-5-6-7-9(10)8-11/h9H,2-7H2,1H3. The van der Waals surface area contributed by atoms with E-state index in [0.29, 0.717) is 0 Å². The van der Waals surface area contributed by atoms with E-state index >= 15 is 0 Å². The zero-order chi connectivity index (χ0) is 8.53. The van der Waals surface area contributed by atoms with Crippen LogP contribution in [0, 0.1) is 11.3 Å². The van der Waals surface area contributed by atoms with Gasteiger partial charge in [-0.05, 0) is 6.42 Å². The van der Waals surface area contributed by atoms with Crippen molar-refractivity contribution < 1.29 is 0 Å². The molecule has 0 saturated carbocycles. The molecule has 0 aromatic carbocycles. The van der Waals surface area contributed by atoms with Crippen molar-refractivity contribution in [1.29, 1.82) is 5.26 Å². The van der Waals surface area contributed by atoms with E-state index < -0.39 is 0 Å². The summed E-state index contributed by atoms with van der Waals surface area (Å²) in [6, 6.07) is 2.02. The van der Waals surface area contributed by atoms with Gasteiger partial charge in [0.2, 0.25) is 0 Å². The zero-order valence-electron chi connectivity index (χ0n) is 7.15. The lowest BCUT2D eigenvalue weighted by molar-refractivity contribution is 0.614. The fourth-order valence-corrected chi connectivity index (χ4v) is 1.15. The highest BCUT2D eigenvalue weighted by atomic mass is 35.5. The number of hydrogen-bond donors (Lipinski definition) is 0. The lowest BCUT2D eigenvalue weighted by Gasteiger charge is -1.99. The quantitative estimate of drug-likeness (QED) is 0.446. The van der Waals surface area contributed by atoms with E-state index in [4.69, 9.17) is 16.9 Å². The average Bonchev–Trinajstić information content (AvgIpc) is 2.04. The van der Waals surface area contributed by atoms with Crippen molar-refractivity contribution in [1.82, 2.24) is 0 Å². The molecular formula is C9H16ClN. The first-order chi connectivity index (χ1) is 5.31. The molecule has 0 aliphatic carbocycles. The Morgan fingerprint density at radius 2 is 1.91 bits per heavy atom. The van der Waals surface area contributed by atoms with Gasteiger partial charge in [-0.3, -0.25) is 0 Å². The predicted octanol–water partition coefficient (Wildman–Crippen LogP) is 3.48. The Kier molecular flexibility index (Phi) is 7.72. The molecule has 0 fully saturated rings. The number of unbranched alkanes of at least 4 members (excludes halogenated alkanes) is 4. The molecule has 0 radical (unpaired) electrons. The summed E-state index contributed by atoms with van der Waals surface area (Å²) in [5.74, 6) is 0. The van der Waals surface area contributed by atoms with E-state index in [0.717, 1.165) is 12.8 Å². The van der Waals surface area contributed by atoms with Gasteiger partial charge in [-0.25, -0.2) is 0 Å². The van der Waals surface area contributed by atoms with Gasteiger partial charge in [0.05, 0.1) is 6.07 Å². The van der Waals surface area contributed by atoms with Gasteiger partial charge >= 0.3 is 0 Å². The predicted molar refractivity (Wildman–Crippen MR) is 48.6 cm³/mol. The molecule has 0 heterocycles. The fraction of sp³-hybridized carbons (Fsp3) is 0.889. The summed E-state index contributed by atoms with van der Waals surface area (Å²) in [5.41, 5.74) is 0. The summed E-state index contributed by atoms with van der Waals surface area (Å²) in [4.78, 5) is 0. The fourth-order valence-electron chi connectivity index (χ4n) is 0.992. The minimum Gasteiger partial charge on any atom is -0.197 e. The molecule has 0 aromatic rings. The molecule has 1 nitrogen and oxygen atoms in total. The minimum atomic E-state index is -0.267. The van der Waals surface area contributed by atoms with Crippen molar-refractivity contribution in [2.24, 2.45) is 0 Å². The van der Waals surface area contributed by atoms with E-state index in [1.165, 1.54) is 25.7 Å². The molecule has 1 atom stereocenters. The van der Waals surface area contributed by atoms with Crippen LogP contribution in [-0.2, 0) is 0 Å². The first kappa shape index (κ1) is 10.8. The molecule has 11 heavy (non-hydrogen) atoms. The van der Waals surface area contributed by atoms with Crippen LogP contribution in [0.5, 0.6) is 0 Å². The third kappa shape index (κ3) is 7.68. The molecule has 0 saturated heterocycles. The SMILES string of the molecule is CCCCCCCC(Cl)C#N. The van der Waals surface area contributed by atoms with Gasteiger partial charge in [-0.15, -0.1) is 11.6 Å². The number of rotatable bonds is 6. The minimum absolute atomic E-state index is 0.267. The Labute approximate surface area is 74.4 Å². The Balaban J connectivity index is 2.97. The Morgan fingerprint density at radius 1 is 1.27 bits per heavy atom. The van der Waals surface area contributed by atoms with Crippen LogP contribution < -0.4 is 0 Å². The summed E-state index contributed by atoms with van der Waals surface area (Å²) in [6.07, 6.45) is 7.02. The molecule has 0 aliphatic heterocycles. The Hall–Kier alpha value is -0.220.